The molecule has 8 heteroatoms. The van der Waals surface area contributed by atoms with Gasteiger partial charge in [0, 0.05) is 12.1 Å². The standard InChI is InChI=1S/C20H22N4O3S/c1-4-21-28(26,27)18-12-10-16(11-13-18)20(25)22-19-14(2)23-24(15(19)3)17-8-6-5-7-9-17/h5-13,21H,4H2,1-3H3,(H,22,25). The number of carbonyl (C=O) groups is 1. The Morgan fingerprint density at radius 3 is 2.29 bits per heavy atom. The molecule has 0 unspecified atom stereocenters. The number of carbonyl (C=O) groups excluding carboxylic acids is 1. The van der Waals surface area contributed by atoms with Gasteiger partial charge in [-0.2, -0.15) is 5.10 Å². The number of rotatable bonds is 6. The van der Waals surface area contributed by atoms with Gasteiger partial charge in [0.25, 0.3) is 5.91 Å². The number of hydrogen-bond donors (Lipinski definition) is 2. The van der Waals surface area contributed by atoms with Crippen molar-refractivity contribution >= 4 is 21.6 Å². The predicted octanol–water partition coefficient (Wildman–Crippen LogP) is 3.04. The van der Waals surface area contributed by atoms with Gasteiger partial charge in [0.1, 0.15) is 0 Å². The third-order valence-electron chi connectivity index (χ3n) is 4.29. The molecule has 0 bridgehead atoms. The molecule has 28 heavy (non-hydrogen) atoms. The monoisotopic (exact) mass is 398 g/mol. The number of benzene rings is 2. The number of nitrogens with one attached hydrogen (secondary N) is 2. The number of amides is 1. The van der Waals surface area contributed by atoms with Gasteiger partial charge in [0.05, 0.1) is 27.7 Å². The fraction of sp³-hybridized carbons (Fsp3) is 0.200. The van der Waals surface area contributed by atoms with Crippen molar-refractivity contribution < 1.29 is 13.2 Å². The molecule has 0 aliphatic carbocycles. The van der Waals surface area contributed by atoms with Gasteiger partial charge in [-0.1, -0.05) is 25.1 Å². The van der Waals surface area contributed by atoms with Crippen molar-refractivity contribution in [2.24, 2.45) is 0 Å². The van der Waals surface area contributed by atoms with Crippen LogP contribution in [0.3, 0.4) is 0 Å². The van der Waals surface area contributed by atoms with Crippen LogP contribution in [0.2, 0.25) is 0 Å². The van der Waals surface area contributed by atoms with Gasteiger partial charge in [-0.3, -0.25) is 4.79 Å². The third-order valence-corrected chi connectivity index (χ3v) is 5.85. The molecule has 2 N–H and O–H groups in total. The topological polar surface area (TPSA) is 93.1 Å². The highest BCUT2D eigenvalue weighted by Gasteiger charge is 2.17. The van der Waals surface area contributed by atoms with Gasteiger partial charge < -0.3 is 5.32 Å². The van der Waals surface area contributed by atoms with E-state index in [1.54, 1.807) is 11.6 Å². The second-order valence-corrected chi connectivity index (χ2v) is 8.04. The lowest BCUT2D eigenvalue weighted by Gasteiger charge is -2.08. The molecule has 0 spiro atoms. The van der Waals surface area contributed by atoms with Crippen LogP contribution >= 0.6 is 0 Å². The quantitative estimate of drug-likeness (QED) is 0.667. The lowest BCUT2D eigenvalue weighted by Crippen LogP contribution is -2.23. The molecule has 3 rings (SSSR count). The van der Waals surface area contributed by atoms with Crippen LogP contribution in [0.1, 0.15) is 28.7 Å². The zero-order valence-electron chi connectivity index (χ0n) is 15.9. The van der Waals surface area contributed by atoms with Crippen LogP contribution in [0.5, 0.6) is 0 Å². The van der Waals surface area contributed by atoms with Crippen molar-refractivity contribution in [3.8, 4) is 5.69 Å². The van der Waals surface area contributed by atoms with E-state index in [0.29, 0.717) is 23.5 Å². The van der Waals surface area contributed by atoms with Crippen molar-refractivity contribution in [3.63, 3.8) is 0 Å². The fourth-order valence-corrected chi connectivity index (χ4v) is 3.93. The summed E-state index contributed by atoms with van der Waals surface area (Å²) in [6.45, 7) is 5.72. The highest BCUT2D eigenvalue weighted by Crippen LogP contribution is 2.23. The third kappa shape index (κ3) is 3.97. The van der Waals surface area contributed by atoms with E-state index in [1.807, 2.05) is 44.2 Å². The van der Waals surface area contributed by atoms with Gasteiger partial charge in [0.15, 0.2) is 0 Å². The number of aromatic nitrogens is 2. The summed E-state index contributed by atoms with van der Waals surface area (Å²) < 4.78 is 28.2. The molecule has 0 aliphatic heterocycles. The van der Waals surface area contributed by atoms with E-state index in [2.05, 4.69) is 15.1 Å². The van der Waals surface area contributed by atoms with Crippen LogP contribution in [-0.4, -0.2) is 30.7 Å². The maximum absolute atomic E-state index is 12.6. The molecule has 0 saturated carbocycles. The number of aryl methyl sites for hydroxylation is 1. The maximum atomic E-state index is 12.6. The molecule has 1 aromatic heterocycles. The van der Waals surface area contributed by atoms with E-state index < -0.39 is 10.0 Å². The molecule has 0 aliphatic rings. The first-order valence-electron chi connectivity index (χ1n) is 8.86. The van der Waals surface area contributed by atoms with Crippen LogP contribution < -0.4 is 10.0 Å². The highest BCUT2D eigenvalue weighted by atomic mass is 32.2. The van der Waals surface area contributed by atoms with E-state index in [9.17, 15) is 13.2 Å². The summed E-state index contributed by atoms with van der Waals surface area (Å²) in [7, 11) is -3.55. The molecule has 3 aromatic rings. The number of hydrogen-bond acceptors (Lipinski definition) is 4. The smallest absolute Gasteiger partial charge is 0.255 e. The summed E-state index contributed by atoms with van der Waals surface area (Å²) in [4.78, 5) is 12.8. The fourth-order valence-electron chi connectivity index (χ4n) is 2.89. The van der Waals surface area contributed by atoms with Crippen LogP contribution in [-0.2, 0) is 10.0 Å². The van der Waals surface area contributed by atoms with E-state index in [4.69, 9.17) is 0 Å². The van der Waals surface area contributed by atoms with E-state index in [1.165, 1.54) is 24.3 Å². The average Bonchev–Trinajstić information content (AvgIpc) is 2.97. The first-order valence-corrected chi connectivity index (χ1v) is 10.3. The number of nitrogens with zero attached hydrogens (tertiary/aromatic N) is 2. The molecular formula is C20H22N4O3S. The largest absolute Gasteiger partial charge is 0.319 e. The SMILES string of the molecule is CCNS(=O)(=O)c1ccc(C(=O)Nc2c(C)nn(-c3ccccc3)c2C)cc1. The van der Waals surface area contributed by atoms with E-state index >= 15 is 0 Å². The highest BCUT2D eigenvalue weighted by molar-refractivity contribution is 7.89. The van der Waals surface area contributed by atoms with Gasteiger partial charge in [-0.15, -0.1) is 0 Å². The lowest BCUT2D eigenvalue weighted by molar-refractivity contribution is 0.102. The summed E-state index contributed by atoms with van der Waals surface area (Å²) in [6, 6.07) is 15.5. The van der Waals surface area contributed by atoms with Crippen LogP contribution in [0.25, 0.3) is 5.69 Å². The lowest BCUT2D eigenvalue weighted by atomic mass is 10.2. The zero-order valence-corrected chi connectivity index (χ0v) is 16.7. The Balaban J connectivity index is 1.83. The molecule has 0 atom stereocenters. The minimum atomic E-state index is -3.55. The van der Waals surface area contributed by atoms with Crippen LogP contribution in [0, 0.1) is 13.8 Å². The van der Waals surface area contributed by atoms with Gasteiger partial charge in [-0.05, 0) is 50.2 Å². The van der Waals surface area contributed by atoms with Crippen molar-refractivity contribution in [2.75, 3.05) is 11.9 Å². The van der Waals surface area contributed by atoms with Gasteiger partial charge >= 0.3 is 0 Å². The molecule has 0 saturated heterocycles. The summed E-state index contributed by atoms with van der Waals surface area (Å²) >= 11 is 0. The zero-order chi connectivity index (χ0) is 20.3. The second-order valence-electron chi connectivity index (χ2n) is 6.27. The number of para-hydroxylation sites is 1. The Labute approximate surface area is 164 Å². The van der Waals surface area contributed by atoms with Gasteiger partial charge in [-0.25, -0.2) is 17.8 Å². The Kier molecular flexibility index (Phi) is 5.62. The summed E-state index contributed by atoms with van der Waals surface area (Å²) in [5, 5.41) is 7.39. The number of anilines is 1. The average molecular weight is 398 g/mol. The molecule has 1 heterocycles. The molecule has 0 radical (unpaired) electrons. The van der Waals surface area contributed by atoms with E-state index in [-0.39, 0.29) is 10.8 Å². The first kappa shape index (κ1) is 19.8. The Morgan fingerprint density at radius 1 is 1.04 bits per heavy atom. The normalized spacial score (nSPS) is 11.4. The second kappa shape index (κ2) is 7.95. The van der Waals surface area contributed by atoms with Crippen molar-refractivity contribution in [1.29, 1.82) is 0 Å². The Bertz CT molecular complexity index is 1090. The predicted molar refractivity (Wildman–Crippen MR) is 108 cm³/mol. The van der Waals surface area contributed by atoms with E-state index in [0.717, 1.165) is 11.4 Å². The molecule has 2 aromatic carbocycles. The molecule has 1 amide bonds. The van der Waals surface area contributed by atoms with Crippen LogP contribution in [0.4, 0.5) is 5.69 Å². The van der Waals surface area contributed by atoms with Crippen molar-refractivity contribution in [2.45, 2.75) is 25.7 Å². The molecule has 7 nitrogen and oxygen atoms in total. The molecule has 146 valence electrons. The Morgan fingerprint density at radius 2 is 1.68 bits per heavy atom. The summed E-state index contributed by atoms with van der Waals surface area (Å²) in [6.07, 6.45) is 0. The number of sulfonamides is 1. The molecular weight excluding hydrogens is 376 g/mol. The summed E-state index contributed by atoms with van der Waals surface area (Å²) in [5.41, 5.74) is 3.41. The van der Waals surface area contributed by atoms with Crippen LogP contribution in [0.15, 0.2) is 59.5 Å². The Hall–Kier alpha value is -2.97. The molecule has 0 fully saturated rings. The maximum Gasteiger partial charge on any atom is 0.255 e. The minimum Gasteiger partial charge on any atom is -0.319 e. The van der Waals surface area contributed by atoms with Crippen molar-refractivity contribution in [3.05, 3.63) is 71.5 Å². The van der Waals surface area contributed by atoms with Gasteiger partial charge in [0.2, 0.25) is 10.0 Å². The minimum absolute atomic E-state index is 0.121. The summed E-state index contributed by atoms with van der Waals surface area (Å²) in [5.74, 6) is -0.328. The van der Waals surface area contributed by atoms with Crippen molar-refractivity contribution in [1.82, 2.24) is 14.5 Å². The first-order chi connectivity index (χ1) is 13.3.